The number of rotatable bonds is 4. The van der Waals surface area contributed by atoms with Crippen LogP contribution in [0.25, 0.3) is 0 Å². The third kappa shape index (κ3) is 2.40. The Morgan fingerprint density at radius 1 is 1.20 bits per heavy atom. The molecular weight excluding hydrogens is 250 g/mol. The number of Topliss-reactive ketones (excluding diaryl/α,β-unsaturated/α-hetero) is 1. The molecule has 0 aromatic rings. The predicted octanol–water partition coefficient (Wildman–Crippen LogP) is 3.17. The highest BCUT2D eigenvalue weighted by molar-refractivity contribution is 5.84. The number of hydrogen-bond acceptors (Lipinski definition) is 2. The van der Waals surface area contributed by atoms with Gasteiger partial charge in [0.2, 0.25) is 5.91 Å². The molecule has 20 heavy (non-hydrogen) atoms. The van der Waals surface area contributed by atoms with E-state index >= 15 is 0 Å². The highest BCUT2D eigenvalue weighted by atomic mass is 16.2. The van der Waals surface area contributed by atoms with Crippen LogP contribution in [0.5, 0.6) is 0 Å². The van der Waals surface area contributed by atoms with Crippen molar-refractivity contribution in [1.82, 2.24) is 4.90 Å². The molecule has 2 saturated heterocycles. The summed E-state index contributed by atoms with van der Waals surface area (Å²) < 4.78 is 0. The number of carbonyl (C=O) groups is 2. The average Bonchev–Trinajstić information content (AvgIpc) is 2.76. The fourth-order valence-electron chi connectivity index (χ4n) is 4.85. The van der Waals surface area contributed by atoms with Crippen LogP contribution in [0.3, 0.4) is 0 Å². The molecule has 0 N–H and O–H groups in total. The van der Waals surface area contributed by atoms with Gasteiger partial charge in [0.1, 0.15) is 5.78 Å². The summed E-state index contributed by atoms with van der Waals surface area (Å²) in [6.45, 7) is 3.11. The SMILES string of the molecule is CCCCCC1C(=O)C[C@@H]2CCN3C(=O)CCC[C@H]1[C@H]23. The zero-order valence-electron chi connectivity index (χ0n) is 12.6. The summed E-state index contributed by atoms with van der Waals surface area (Å²) in [5, 5.41) is 0. The monoisotopic (exact) mass is 277 g/mol. The minimum Gasteiger partial charge on any atom is -0.339 e. The lowest BCUT2D eigenvalue weighted by atomic mass is 9.67. The molecule has 2 heterocycles. The first-order chi connectivity index (χ1) is 9.72. The molecule has 1 amide bonds. The van der Waals surface area contributed by atoms with Gasteiger partial charge < -0.3 is 4.90 Å². The Hall–Kier alpha value is -0.860. The first-order valence-corrected chi connectivity index (χ1v) is 8.54. The largest absolute Gasteiger partial charge is 0.339 e. The van der Waals surface area contributed by atoms with Gasteiger partial charge in [0.05, 0.1) is 0 Å². The summed E-state index contributed by atoms with van der Waals surface area (Å²) in [7, 11) is 0. The molecule has 1 saturated carbocycles. The van der Waals surface area contributed by atoms with Crippen LogP contribution < -0.4 is 0 Å². The molecule has 3 fully saturated rings. The third-order valence-corrected chi connectivity index (χ3v) is 5.78. The van der Waals surface area contributed by atoms with E-state index in [1.807, 2.05) is 0 Å². The van der Waals surface area contributed by atoms with Gasteiger partial charge in [-0.15, -0.1) is 0 Å². The smallest absolute Gasteiger partial charge is 0.222 e. The number of unbranched alkanes of at least 4 members (excludes halogenated alkanes) is 2. The lowest BCUT2D eigenvalue weighted by Crippen LogP contribution is -2.49. The highest BCUT2D eigenvalue weighted by Crippen LogP contribution is 2.46. The Morgan fingerprint density at radius 3 is 2.85 bits per heavy atom. The molecular formula is C17H27NO2. The van der Waals surface area contributed by atoms with Crippen LogP contribution in [-0.2, 0) is 9.59 Å². The summed E-state index contributed by atoms with van der Waals surface area (Å²) in [4.78, 5) is 26.9. The van der Waals surface area contributed by atoms with Gasteiger partial charge in [-0.05, 0) is 37.5 Å². The van der Waals surface area contributed by atoms with Crippen LogP contribution in [-0.4, -0.2) is 29.2 Å². The number of ketones is 1. The van der Waals surface area contributed by atoms with E-state index in [0.717, 1.165) is 38.6 Å². The zero-order valence-corrected chi connectivity index (χ0v) is 12.6. The van der Waals surface area contributed by atoms with Crippen LogP contribution >= 0.6 is 0 Å². The topological polar surface area (TPSA) is 37.4 Å². The molecule has 0 spiro atoms. The van der Waals surface area contributed by atoms with E-state index in [1.165, 1.54) is 19.3 Å². The van der Waals surface area contributed by atoms with Crippen LogP contribution in [0, 0.1) is 17.8 Å². The number of carbonyl (C=O) groups excluding carboxylic acids is 2. The summed E-state index contributed by atoms with van der Waals surface area (Å²) in [6.07, 6.45) is 9.25. The zero-order chi connectivity index (χ0) is 14.1. The first-order valence-electron chi connectivity index (χ1n) is 8.54. The molecule has 1 unspecified atom stereocenters. The molecule has 1 aliphatic carbocycles. The molecule has 4 atom stereocenters. The molecule has 3 aliphatic rings. The fraction of sp³-hybridized carbons (Fsp3) is 0.882. The van der Waals surface area contributed by atoms with Crippen molar-refractivity contribution in [2.24, 2.45) is 17.8 Å². The Bertz CT molecular complexity index is 392. The van der Waals surface area contributed by atoms with Crippen molar-refractivity contribution in [3.05, 3.63) is 0 Å². The van der Waals surface area contributed by atoms with Gasteiger partial charge in [-0.1, -0.05) is 26.2 Å². The van der Waals surface area contributed by atoms with Crippen molar-refractivity contribution >= 4 is 11.7 Å². The van der Waals surface area contributed by atoms with Gasteiger partial charge in [0.25, 0.3) is 0 Å². The van der Waals surface area contributed by atoms with Gasteiger partial charge in [0.15, 0.2) is 0 Å². The summed E-state index contributed by atoms with van der Waals surface area (Å²) in [6, 6.07) is 0.398. The van der Waals surface area contributed by atoms with E-state index in [1.54, 1.807) is 0 Å². The molecule has 3 heteroatoms. The van der Waals surface area contributed by atoms with Crippen LogP contribution in [0.1, 0.15) is 64.7 Å². The quantitative estimate of drug-likeness (QED) is 0.740. The Kier molecular flexibility index (Phi) is 4.13. The first kappa shape index (κ1) is 14.1. The number of nitrogens with zero attached hydrogens (tertiary/aromatic N) is 1. The molecule has 0 radical (unpaired) electrons. The van der Waals surface area contributed by atoms with Crippen molar-refractivity contribution in [2.75, 3.05) is 6.54 Å². The maximum absolute atomic E-state index is 12.5. The molecule has 112 valence electrons. The minimum atomic E-state index is 0.245. The van der Waals surface area contributed by atoms with E-state index in [-0.39, 0.29) is 5.92 Å². The van der Waals surface area contributed by atoms with Crippen molar-refractivity contribution in [3.8, 4) is 0 Å². The second kappa shape index (κ2) is 5.87. The third-order valence-electron chi connectivity index (χ3n) is 5.78. The van der Waals surface area contributed by atoms with Gasteiger partial charge >= 0.3 is 0 Å². The van der Waals surface area contributed by atoms with Crippen molar-refractivity contribution < 1.29 is 9.59 Å². The second-order valence-electron chi connectivity index (χ2n) is 6.96. The average molecular weight is 277 g/mol. The van der Waals surface area contributed by atoms with Gasteiger partial charge in [-0.2, -0.15) is 0 Å². The van der Waals surface area contributed by atoms with E-state index in [0.29, 0.717) is 36.0 Å². The molecule has 0 bridgehead atoms. The molecule has 0 aromatic carbocycles. The summed E-state index contributed by atoms with van der Waals surface area (Å²) in [5.41, 5.74) is 0. The standard InChI is InChI=1S/C17H27NO2/c1-2-3-4-6-13-14-7-5-8-16(20)18-10-9-12(17(14)18)11-15(13)19/h12-14,17H,2-11H2,1H3/t12-,13?,14+,17-/m0/s1. The maximum atomic E-state index is 12.5. The molecule has 3 rings (SSSR count). The van der Waals surface area contributed by atoms with E-state index in [4.69, 9.17) is 0 Å². The van der Waals surface area contributed by atoms with Crippen molar-refractivity contribution in [3.63, 3.8) is 0 Å². The number of hydrogen-bond donors (Lipinski definition) is 0. The highest BCUT2D eigenvalue weighted by Gasteiger charge is 2.50. The Morgan fingerprint density at radius 2 is 2.05 bits per heavy atom. The molecule has 3 nitrogen and oxygen atoms in total. The van der Waals surface area contributed by atoms with E-state index in [2.05, 4.69) is 11.8 Å². The maximum Gasteiger partial charge on any atom is 0.222 e. The van der Waals surface area contributed by atoms with E-state index in [9.17, 15) is 9.59 Å². The lowest BCUT2D eigenvalue weighted by Gasteiger charge is -2.41. The summed E-state index contributed by atoms with van der Waals surface area (Å²) >= 11 is 0. The number of amides is 1. The normalized spacial score (nSPS) is 37.0. The Balaban J connectivity index is 1.78. The van der Waals surface area contributed by atoms with Crippen LogP contribution in [0.2, 0.25) is 0 Å². The second-order valence-corrected chi connectivity index (χ2v) is 6.96. The van der Waals surface area contributed by atoms with Gasteiger partial charge in [-0.25, -0.2) is 0 Å². The molecule has 0 aromatic heterocycles. The lowest BCUT2D eigenvalue weighted by molar-refractivity contribution is -0.138. The Labute approximate surface area is 122 Å². The van der Waals surface area contributed by atoms with Gasteiger partial charge in [-0.3, -0.25) is 9.59 Å². The minimum absolute atomic E-state index is 0.245. The van der Waals surface area contributed by atoms with Crippen molar-refractivity contribution in [2.45, 2.75) is 70.8 Å². The molecule has 2 aliphatic heterocycles. The van der Waals surface area contributed by atoms with E-state index < -0.39 is 0 Å². The van der Waals surface area contributed by atoms with Crippen LogP contribution in [0.4, 0.5) is 0 Å². The van der Waals surface area contributed by atoms with Gasteiger partial charge in [0, 0.05) is 31.3 Å². The fourth-order valence-corrected chi connectivity index (χ4v) is 4.85. The van der Waals surface area contributed by atoms with Crippen LogP contribution in [0.15, 0.2) is 0 Å². The summed E-state index contributed by atoms with van der Waals surface area (Å²) in [5.74, 6) is 2.03. The predicted molar refractivity (Wildman–Crippen MR) is 78.2 cm³/mol. The van der Waals surface area contributed by atoms with Crippen molar-refractivity contribution in [1.29, 1.82) is 0 Å².